The van der Waals surface area contributed by atoms with Gasteiger partial charge in [0.25, 0.3) is 0 Å². The van der Waals surface area contributed by atoms with Crippen molar-refractivity contribution in [3.63, 3.8) is 0 Å². The number of amides is 1. The minimum Gasteiger partial charge on any atom is -0.345 e. The first kappa shape index (κ1) is 15.8. The summed E-state index contributed by atoms with van der Waals surface area (Å²) < 4.78 is 1.95. The average Bonchev–Trinajstić information content (AvgIpc) is 3.27. The molecule has 0 aromatic carbocycles. The van der Waals surface area contributed by atoms with Gasteiger partial charge in [-0.3, -0.25) is 14.4 Å². The number of piperidine rings is 1. The highest BCUT2D eigenvalue weighted by molar-refractivity contribution is 7.09. The Hall–Kier alpha value is -1.66. The average molecular weight is 344 g/mol. The van der Waals surface area contributed by atoms with Gasteiger partial charge >= 0.3 is 0 Å². The zero-order valence-corrected chi connectivity index (χ0v) is 15.1. The summed E-state index contributed by atoms with van der Waals surface area (Å²) in [5.41, 5.74) is 0.894. The third-order valence-corrected chi connectivity index (χ3v) is 6.54. The Kier molecular flexibility index (Phi) is 3.96. The van der Waals surface area contributed by atoms with Crippen molar-refractivity contribution in [3.05, 3.63) is 40.3 Å². The largest absolute Gasteiger partial charge is 0.345 e. The lowest BCUT2D eigenvalue weighted by atomic mass is 9.70. The predicted octanol–water partition coefficient (Wildman–Crippen LogP) is 2.32. The van der Waals surface area contributed by atoms with Crippen LogP contribution in [0.1, 0.15) is 29.3 Å². The molecule has 1 spiro atoms. The van der Waals surface area contributed by atoms with Crippen molar-refractivity contribution in [1.82, 2.24) is 19.6 Å². The van der Waals surface area contributed by atoms with E-state index < -0.39 is 0 Å². The summed E-state index contributed by atoms with van der Waals surface area (Å²) in [5, 5.41) is 6.48. The maximum absolute atomic E-state index is 13.2. The Morgan fingerprint density at radius 3 is 2.96 bits per heavy atom. The van der Waals surface area contributed by atoms with Gasteiger partial charge in [-0.1, -0.05) is 6.07 Å². The van der Waals surface area contributed by atoms with Gasteiger partial charge in [0.1, 0.15) is 0 Å². The summed E-state index contributed by atoms with van der Waals surface area (Å²) >= 11 is 1.79. The van der Waals surface area contributed by atoms with Crippen LogP contribution >= 0.6 is 11.3 Å². The lowest BCUT2D eigenvalue weighted by molar-refractivity contribution is -0.145. The number of thiophene rings is 1. The van der Waals surface area contributed by atoms with Crippen LogP contribution in [0.4, 0.5) is 0 Å². The molecule has 4 heterocycles. The van der Waals surface area contributed by atoms with Crippen molar-refractivity contribution < 1.29 is 4.79 Å². The first-order valence-corrected chi connectivity index (χ1v) is 9.46. The van der Waals surface area contributed by atoms with E-state index in [1.54, 1.807) is 11.3 Å². The summed E-state index contributed by atoms with van der Waals surface area (Å²) in [5.74, 6) is 0.536. The molecule has 0 aliphatic carbocycles. The van der Waals surface area contributed by atoms with Crippen molar-refractivity contribution in [2.75, 3.05) is 26.7 Å². The topological polar surface area (TPSA) is 41.4 Å². The quantitative estimate of drug-likeness (QED) is 0.858. The van der Waals surface area contributed by atoms with E-state index in [4.69, 9.17) is 0 Å². The number of carbonyl (C=O) groups excluding carboxylic acids is 1. The van der Waals surface area contributed by atoms with E-state index in [1.165, 1.54) is 10.6 Å². The number of aryl methyl sites for hydroxylation is 1. The lowest BCUT2D eigenvalue weighted by Crippen LogP contribution is -2.50. The molecule has 4 rings (SSSR count). The second kappa shape index (κ2) is 6.01. The molecule has 2 fully saturated rings. The Balaban J connectivity index is 1.68. The van der Waals surface area contributed by atoms with E-state index in [0.29, 0.717) is 5.91 Å². The van der Waals surface area contributed by atoms with Crippen molar-refractivity contribution in [2.24, 2.45) is 12.5 Å². The van der Waals surface area contributed by atoms with E-state index in [2.05, 4.69) is 33.6 Å². The molecule has 0 N–H and O–H groups in total. The molecular formula is C18H24N4OS. The highest BCUT2D eigenvalue weighted by Gasteiger charge is 2.55. The maximum atomic E-state index is 13.2. The summed E-state index contributed by atoms with van der Waals surface area (Å²) in [4.78, 5) is 18.9. The van der Waals surface area contributed by atoms with Gasteiger partial charge in [-0.15, -0.1) is 11.3 Å². The van der Waals surface area contributed by atoms with E-state index >= 15 is 0 Å². The Bertz CT molecular complexity index is 725. The van der Waals surface area contributed by atoms with Crippen LogP contribution in [-0.4, -0.2) is 52.2 Å². The number of carbonyl (C=O) groups is 1. The van der Waals surface area contributed by atoms with E-state index in [9.17, 15) is 4.79 Å². The molecule has 2 aromatic rings. The number of hydrogen-bond donors (Lipinski definition) is 0. The molecule has 2 saturated heterocycles. The van der Waals surface area contributed by atoms with E-state index in [0.717, 1.165) is 39.0 Å². The molecule has 0 bridgehead atoms. The minimum absolute atomic E-state index is 0.222. The van der Waals surface area contributed by atoms with Gasteiger partial charge in [-0.05, 0) is 30.4 Å². The molecule has 0 saturated carbocycles. The van der Waals surface area contributed by atoms with Gasteiger partial charge in [-0.2, -0.15) is 5.10 Å². The third-order valence-electron chi connectivity index (χ3n) is 5.68. The van der Waals surface area contributed by atoms with Gasteiger partial charge in [0, 0.05) is 63.0 Å². The van der Waals surface area contributed by atoms with E-state index in [1.807, 2.05) is 29.9 Å². The van der Waals surface area contributed by atoms with Gasteiger partial charge < -0.3 is 4.90 Å². The van der Waals surface area contributed by atoms with E-state index in [-0.39, 0.29) is 11.3 Å². The summed E-state index contributed by atoms with van der Waals surface area (Å²) in [6.45, 7) is 3.59. The maximum Gasteiger partial charge on any atom is 0.230 e. The Morgan fingerprint density at radius 1 is 1.38 bits per heavy atom. The normalized spacial score (nSPS) is 28.2. The SMILES string of the molecule is CN1CCC[C@]2(CN(Cc3cccs3)C[C@H]2c2ccnn2C)C1=O. The van der Waals surface area contributed by atoms with Crippen LogP contribution in [0.3, 0.4) is 0 Å². The van der Waals surface area contributed by atoms with Crippen LogP contribution in [0.25, 0.3) is 0 Å². The molecule has 2 atom stereocenters. The van der Waals surface area contributed by atoms with Gasteiger partial charge in [0.05, 0.1) is 5.41 Å². The van der Waals surface area contributed by atoms with Crippen LogP contribution in [0.15, 0.2) is 29.8 Å². The molecule has 5 nitrogen and oxygen atoms in total. The highest BCUT2D eigenvalue weighted by Crippen LogP contribution is 2.49. The molecule has 128 valence electrons. The number of hydrogen-bond acceptors (Lipinski definition) is 4. The second-order valence-electron chi connectivity index (χ2n) is 7.17. The number of rotatable bonds is 3. The van der Waals surface area contributed by atoms with Gasteiger partial charge in [-0.25, -0.2) is 0 Å². The molecule has 6 heteroatoms. The summed E-state index contributed by atoms with van der Waals surface area (Å²) in [6, 6.07) is 6.37. The van der Waals surface area contributed by atoms with Crippen molar-refractivity contribution in [1.29, 1.82) is 0 Å². The fraction of sp³-hybridized carbons (Fsp3) is 0.556. The summed E-state index contributed by atoms with van der Waals surface area (Å²) in [6.07, 6.45) is 3.92. The molecule has 0 unspecified atom stereocenters. The zero-order valence-electron chi connectivity index (χ0n) is 14.3. The molecule has 1 amide bonds. The molecule has 0 radical (unpaired) electrons. The monoisotopic (exact) mass is 344 g/mol. The standard InChI is InChI=1S/C18H24N4OS/c1-20-9-4-7-18(17(20)23)13-22(11-14-5-3-10-24-14)12-15(18)16-6-8-19-21(16)2/h3,5-6,8,10,15H,4,7,9,11-13H2,1-2H3/t15-,18+/m0/s1. The van der Waals surface area contributed by atoms with Crippen molar-refractivity contribution in [3.8, 4) is 0 Å². The first-order chi connectivity index (χ1) is 11.6. The smallest absolute Gasteiger partial charge is 0.230 e. The van der Waals surface area contributed by atoms with Crippen LogP contribution in [-0.2, 0) is 18.4 Å². The molecule has 2 aliphatic rings. The van der Waals surface area contributed by atoms with Gasteiger partial charge in [0.15, 0.2) is 0 Å². The van der Waals surface area contributed by atoms with Crippen LogP contribution in [0.2, 0.25) is 0 Å². The van der Waals surface area contributed by atoms with Crippen molar-refractivity contribution >= 4 is 17.2 Å². The van der Waals surface area contributed by atoms with Crippen molar-refractivity contribution in [2.45, 2.75) is 25.3 Å². The first-order valence-electron chi connectivity index (χ1n) is 8.58. The molecule has 2 aromatic heterocycles. The fourth-order valence-electron chi connectivity index (χ4n) is 4.54. The number of likely N-dealkylation sites (tertiary alicyclic amines) is 2. The fourth-order valence-corrected chi connectivity index (χ4v) is 5.29. The van der Waals surface area contributed by atoms with Crippen LogP contribution < -0.4 is 0 Å². The zero-order chi connectivity index (χ0) is 16.7. The summed E-state index contributed by atoms with van der Waals surface area (Å²) in [7, 11) is 3.94. The number of aromatic nitrogens is 2. The molecule has 2 aliphatic heterocycles. The Labute approximate surface area is 146 Å². The molecule has 24 heavy (non-hydrogen) atoms. The van der Waals surface area contributed by atoms with Crippen LogP contribution in [0, 0.1) is 5.41 Å². The second-order valence-corrected chi connectivity index (χ2v) is 8.20. The number of nitrogens with zero attached hydrogens (tertiary/aromatic N) is 4. The predicted molar refractivity (Wildman–Crippen MR) is 94.8 cm³/mol. The van der Waals surface area contributed by atoms with Crippen LogP contribution in [0.5, 0.6) is 0 Å². The Morgan fingerprint density at radius 2 is 2.25 bits per heavy atom. The van der Waals surface area contributed by atoms with Gasteiger partial charge in [0.2, 0.25) is 5.91 Å². The highest BCUT2D eigenvalue weighted by atomic mass is 32.1. The lowest BCUT2D eigenvalue weighted by Gasteiger charge is -2.41. The molecular weight excluding hydrogens is 320 g/mol. The minimum atomic E-state index is -0.294. The third kappa shape index (κ3) is 2.48.